The molecule has 1 aliphatic carbocycles. The predicted molar refractivity (Wildman–Crippen MR) is 241 cm³/mol. The van der Waals surface area contributed by atoms with E-state index in [1.165, 1.54) is 24.3 Å². The molecule has 5 rings (SSSR count). The topological polar surface area (TPSA) is 150 Å². The number of anilines is 2. The van der Waals surface area contributed by atoms with Crippen LogP contribution >= 0.6 is 0 Å². The smallest absolute Gasteiger partial charge is 0.297 e. The maximum Gasteiger partial charge on any atom is 0.297 e. The predicted octanol–water partition coefficient (Wildman–Crippen LogP) is 9.76. The minimum atomic E-state index is -4.89. The molecule has 0 fully saturated rings. The molecular weight excluding hydrogens is 833 g/mol. The zero-order chi connectivity index (χ0) is 44.4. The summed E-state index contributed by atoms with van der Waals surface area (Å²) >= 11 is 0. The minimum Gasteiger partial charge on any atom is -0.744 e. The fourth-order valence-electron chi connectivity index (χ4n) is 6.63. The van der Waals surface area contributed by atoms with E-state index >= 15 is 0 Å². The number of nitrogens with zero attached hydrogens (tertiary/aromatic N) is 2. The molecule has 0 unspecified atom stereocenters. The Balaban J connectivity index is 1.61. The first-order valence-corrected chi connectivity index (χ1v) is 24.8. The van der Waals surface area contributed by atoms with Crippen LogP contribution in [0.15, 0.2) is 142 Å². The third-order valence-electron chi connectivity index (χ3n) is 9.78. The van der Waals surface area contributed by atoms with E-state index in [4.69, 9.17) is 8.37 Å². The van der Waals surface area contributed by atoms with Crippen LogP contribution in [0, 0.1) is 11.8 Å². The van der Waals surface area contributed by atoms with Gasteiger partial charge in [0.05, 0.1) is 23.0 Å². The van der Waals surface area contributed by atoms with Crippen molar-refractivity contribution in [3.63, 3.8) is 0 Å². The van der Waals surface area contributed by atoms with Crippen molar-refractivity contribution in [2.24, 2.45) is 11.8 Å². The summed E-state index contributed by atoms with van der Waals surface area (Å²) in [4.78, 5) is 1.78. The zero-order valence-corrected chi connectivity index (χ0v) is 38.1. The summed E-state index contributed by atoms with van der Waals surface area (Å²) in [6.45, 7) is 13.0. The summed E-state index contributed by atoms with van der Waals surface area (Å²) in [5, 5.41) is 0. The Morgan fingerprint density at radius 2 is 1.23 bits per heavy atom. The fraction of sp³-hybridized carbons (Fsp3) is 0.340. The van der Waals surface area contributed by atoms with Gasteiger partial charge in [-0.05, 0) is 89.6 Å². The van der Waals surface area contributed by atoms with Gasteiger partial charge in [0.15, 0.2) is 0 Å². The van der Waals surface area contributed by atoms with Gasteiger partial charge >= 0.3 is 0 Å². The molecule has 0 radical (unpaired) electrons. The first-order valence-electron chi connectivity index (χ1n) is 20.6. The van der Waals surface area contributed by atoms with E-state index in [1.807, 2.05) is 97.9 Å². The average molecular weight is 889 g/mol. The third kappa shape index (κ3) is 12.5. The summed E-state index contributed by atoms with van der Waals surface area (Å²) in [6.07, 6.45) is 10.9. The Morgan fingerprint density at radius 1 is 0.656 bits per heavy atom. The highest BCUT2D eigenvalue weighted by Gasteiger charge is 2.24. The summed E-state index contributed by atoms with van der Waals surface area (Å²) in [6, 6.07) is 26.9. The van der Waals surface area contributed by atoms with Crippen LogP contribution in [0.2, 0.25) is 0 Å². The molecule has 4 aromatic carbocycles. The molecule has 0 heterocycles. The number of hydrogen-bond acceptors (Lipinski definition) is 10. The van der Waals surface area contributed by atoms with Crippen molar-refractivity contribution in [2.45, 2.75) is 81.9 Å². The second-order valence-electron chi connectivity index (χ2n) is 15.7. The monoisotopic (exact) mass is 888 g/mol. The van der Waals surface area contributed by atoms with Crippen molar-refractivity contribution in [3.8, 4) is 0 Å². The lowest BCUT2D eigenvalue weighted by Gasteiger charge is -2.26. The van der Waals surface area contributed by atoms with Crippen LogP contribution in [0.4, 0.5) is 17.1 Å². The molecule has 0 aliphatic heterocycles. The minimum absolute atomic E-state index is 0.0318. The van der Waals surface area contributed by atoms with Crippen LogP contribution in [-0.2, 0) is 38.7 Å². The highest BCUT2D eigenvalue weighted by atomic mass is 32.2. The van der Waals surface area contributed by atoms with E-state index in [-0.39, 0.29) is 45.3 Å². The Kier molecular flexibility index (Phi) is 16.2. The van der Waals surface area contributed by atoms with Gasteiger partial charge in [0.25, 0.3) is 20.2 Å². The highest BCUT2D eigenvalue weighted by Crippen LogP contribution is 2.36. The molecule has 1 aliphatic rings. The van der Waals surface area contributed by atoms with Gasteiger partial charge in [-0.1, -0.05) is 96.8 Å². The van der Waals surface area contributed by atoms with E-state index in [0.717, 1.165) is 37.1 Å². The Bertz CT molecular complexity index is 2610. The van der Waals surface area contributed by atoms with E-state index in [9.17, 15) is 29.8 Å². The molecule has 4 aromatic rings. The molecule has 0 spiro atoms. The Labute approximate surface area is 362 Å². The van der Waals surface area contributed by atoms with Gasteiger partial charge in [0.2, 0.25) is 11.4 Å². The molecule has 0 saturated carbocycles. The third-order valence-corrected chi connectivity index (χ3v) is 13.2. The lowest BCUT2D eigenvalue weighted by Crippen LogP contribution is -2.19. The molecular formula is C47H56N2O9S3. The van der Waals surface area contributed by atoms with Gasteiger partial charge in [0, 0.05) is 54.2 Å². The normalized spacial score (nSPS) is 13.3. The summed E-state index contributed by atoms with van der Waals surface area (Å²) in [5.41, 5.74) is 4.92. The maximum absolute atomic E-state index is 13.1. The van der Waals surface area contributed by atoms with Crippen LogP contribution in [0.5, 0.6) is 0 Å². The lowest BCUT2D eigenvalue weighted by atomic mass is 9.90. The summed E-state index contributed by atoms with van der Waals surface area (Å²) < 4.78 is 103. The Hall–Kier alpha value is -4.70. The van der Waals surface area contributed by atoms with Crippen molar-refractivity contribution in [2.75, 3.05) is 31.2 Å². The highest BCUT2D eigenvalue weighted by molar-refractivity contribution is 7.87. The standard InChI is InChI=1S/C47H56N2O9S3/c1-7-9-29-48(41-15-13-17-43(31-41)60(53,54)57-33-35(3)4)39-25-21-37(22-26-39)47(45-19-11-12-20-46(45)59(50,51)52)38-23-27-40(28-24-38)49(30-10-8-2)42-16-14-18-44(32-42)61(55,56)58-34-36(5)6/h11-28,31-32,35-36H,7-10,29-30,33-34H2,1-6H3. The molecule has 11 nitrogen and oxygen atoms in total. The van der Waals surface area contributed by atoms with Crippen LogP contribution in [0.1, 0.15) is 78.4 Å². The molecule has 0 amide bonds. The van der Waals surface area contributed by atoms with Crippen molar-refractivity contribution in [3.05, 3.63) is 138 Å². The quantitative estimate of drug-likeness (QED) is 0.0477. The molecule has 0 atom stereocenters. The van der Waals surface area contributed by atoms with E-state index in [0.29, 0.717) is 41.2 Å². The first kappa shape index (κ1) is 47.4. The number of unbranched alkanes of at least 4 members (excludes halogenated alkanes) is 2. The van der Waals surface area contributed by atoms with Gasteiger partial charge in [-0.2, -0.15) is 21.4 Å². The molecule has 61 heavy (non-hydrogen) atoms. The number of rotatable bonds is 20. The average Bonchev–Trinajstić information content (AvgIpc) is 3.24. The number of benzene rings is 4. The van der Waals surface area contributed by atoms with Crippen molar-refractivity contribution < 1.29 is 42.7 Å². The van der Waals surface area contributed by atoms with E-state index in [1.54, 1.807) is 36.4 Å². The van der Waals surface area contributed by atoms with Gasteiger partial charge in [-0.15, -0.1) is 0 Å². The van der Waals surface area contributed by atoms with Gasteiger partial charge in [-0.25, -0.2) is 8.42 Å². The van der Waals surface area contributed by atoms with Crippen molar-refractivity contribution in [1.29, 1.82) is 0 Å². The first-order chi connectivity index (χ1) is 28.9. The maximum atomic E-state index is 13.1. The molecule has 0 saturated heterocycles. The molecule has 326 valence electrons. The van der Waals surface area contributed by atoms with Gasteiger partial charge in [0.1, 0.15) is 21.6 Å². The van der Waals surface area contributed by atoms with Crippen LogP contribution in [0.3, 0.4) is 0 Å². The fourth-order valence-corrected chi connectivity index (χ4v) is 9.51. The zero-order valence-electron chi connectivity index (χ0n) is 35.7. The van der Waals surface area contributed by atoms with Crippen LogP contribution in [0.25, 0.3) is 5.57 Å². The lowest BCUT2D eigenvalue weighted by molar-refractivity contribution is -0.439. The summed E-state index contributed by atoms with van der Waals surface area (Å²) in [5.74, 6) is 0.0637. The second-order valence-corrected chi connectivity index (χ2v) is 20.3. The molecule has 0 bridgehead atoms. The van der Waals surface area contributed by atoms with Crippen LogP contribution in [-0.4, -0.2) is 66.4 Å². The molecule has 0 N–H and O–H groups in total. The molecule has 14 heteroatoms. The Morgan fingerprint density at radius 3 is 1.80 bits per heavy atom. The second kappa shape index (κ2) is 20.9. The van der Waals surface area contributed by atoms with Gasteiger partial charge < -0.3 is 9.45 Å². The van der Waals surface area contributed by atoms with Crippen molar-refractivity contribution in [1.82, 2.24) is 0 Å². The van der Waals surface area contributed by atoms with Crippen LogP contribution < -0.4 is 4.90 Å². The van der Waals surface area contributed by atoms with Gasteiger partial charge in [-0.3, -0.25) is 8.37 Å². The largest absolute Gasteiger partial charge is 0.744 e. The summed E-state index contributed by atoms with van der Waals surface area (Å²) in [7, 11) is -12.9. The SMILES string of the molecule is CCCCN(c1ccc(C(=C2C=CC(=[N+](CCCC)c3cccc(S(=O)(=O)OCC(C)C)c3)C=C2)c2ccccc2S(=O)(=O)[O-])cc1)c1cccc(S(=O)(=O)OCC(C)C)c1. The van der Waals surface area contributed by atoms with E-state index < -0.39 is 30.4 Å². The number of hydrogen-bond donors (Lipinski definition) is 0. The number of allylic oxidation sites excluding steroid dienone is 5. The van der Waals surface area contributed by atoms with E-state index in [2.05, 4.69) is 13.8 Å². The van der Waals surface area contributed by atoms with Crippen molar-refractivity contribution >= 4 is 58.7 Å². The molecule has 0 aromatic heterocycles.